The Morgan fingerprint density at radius 2 is 1.76 bits per heavy atom. The quantitative estimate of drug-likeness (QED) is 0.784. The predicted molar refractivity (Wildman–Crippen MR) is 76.3 cm³/mol. The average molecular weight is 307 g/mol. The summed E-state index contributed by atoms with van der Waals surface area (Å²) in [5, 5.41) is 9.14. The number of rotatable bonds is 4. The molecule has 0 amide bonds. The zero-order chi connectivity index (χ0) is 12.3. The monoisotopic (exact) mass is 305 g/mol. The fraction of sp³-hybridized carbons (Fsp3) is 0.167. The molecule has 0 unspecified atom stereocenters. The van der Waals surface area contributed by atoms with E-state index in [-0.39, 0.29) is 0 Å². The molecule has 0 fully saturated rings. The van der Waals surface area contributed by atoms with E-state index in [4.69, 9.17) is 34.8 Å². The minimum atomic E-state index is 0.525. The maximum atomic E-state index is 6.10. The second kappa shape index (κ2) is 6.07. The number of hydrogen-bond donors (Lipinski definition) is 1. The number of hydrogen-bond acceptors (Lipinski definition) is 2. The number of thiophene rings is 1. The largest absolute Gasteiger partial charge is 0.308 e. The zero-order valence-corrected chi connectivity index (χ0v) is 11.9. The molecule has 0 atom stereocenters. The van der Waals surface area contributed by atoms with Gasteiger partial charge in [-0.2, -0.15) is 11.3 Å². The lowest BCUT2D eigenvalue weighted by atomic mass is 10.2. The van der Waals surface area contributed by atoms with Gasteiger partial charge in [0.2, 0.25) is 0 Å². The van der Waals surface area contributed by atoms with Gasteiger partial charge in [0.15, 0.2) is 0 Å². The normalized spacial score (nSPS) is 10.8. The molecule has 1 aromatic heterocycles. The van der Waals surface area contributed by atoms with Crippen molar-refractivity contribution in [1.82, 2.24) is 5.32 Å². The van der Waals surface area contributed by atoms with Crippen LogP contribution in [0.5, 0.6) is 0 Å². The Morgan fingerprint density at radius 1 is 1.00 bits per heavy atom. The summed E-state index contributed by atoms with van der Waals surface area (Å²) in [7, 11) is 0. The average Bonchev–Trinajstić information content (AvgIpc) is 2.81. The Labute approximate surface area is 119 Å². The molecule has 0 saturated carbocycles. The molecule has 2 rings (SSSR count). The number of nitrogens with one attached hydrogen (secondary N) is 1. The molecule has 1 N–H and O–H groups in total. The molecule has 1 nitrogen and oxygen atoms in total. The highest BCUT2D eigenvalue weighted by Crippen LogP contribution is 2.31. The van der Waals surface area contributed by atoms with E-state index in [0.29, 0.717) is 21.6 Å². The van der Waals surface area contributed by atoms with E-state index < -0.39 is 0 Å². The molecule has 0 saturated heterocycles. The summed E-state index contributed by atoms with van der Waals surface area (Å²) in [6.45, 7) is 1.40. The minimum Gasteiger partial charge on any atom is -0.308 e. The van der Waals surface area contributed by atoms with Gasteiger partial charge in [0.05, 0.1) is 10.0 Å². The molecule has 0 aliphatic heterocycles. The fourth-order valence-electron chi connectivity index (χ4n) is 1.46. The molecular formula is C12H10Cl3NS. The summed E-state index contributed by atoms with van der Waals surface area (Å²) in [5.41, 5.74) is 2.10. The maximum Gasteiger partial charge on any atom is 0.0652 e. The lowest BCUT2D eigenvalue weighted by Crippen LogP contribution is -2.12. The van der Waals surface area contributed by atoms with Gasteiger partial charge in [0.1, 0.15) is 0 Å². The fourth-order valence-corrected chi connectivity index (χ4v) is 2.81. The molecule has 1 heterocycles. The van der Waals surface area contributed by atoms with Gasteiger partial charge in [-0.1, -0.05) is 34.8 Å². The Kier molecular flexibility index (Phi) is 4.71. The van der Waals surface area contributed by atoms with Crippen LogP contribution in [0.2, 0.25) is 15.1 Å². The molecule has 5 heteroatoms. The Morgan fingerprint density at radius 3 is 2.47 bits per heavy atom. The Balaban J connectivity index is 2.01. The third-order valence-corrected chi connectivity index (χ3v) is 4.28. The van der Waals surface area contributed by atoms with Gasteiger partial charge in [-0.25, -0.2) is 0 Å². The standard InChI is InChI=1S/C12H10Cl3NS/c13-10-1-2-11(14)12(15)9(10)6-16-5-8-3-4-17-7-8/h1-4,7,16H,5-6H2. The van der Waals surface area contributed by atoms with Gasteiger partial charge >= 0.3 is 0 Å². The first kappa shape index (κ1) is 13.2. The van der Waals surface area contributed by atoms with Crippen LogP contribution in [0.1, 0.15) is 11.1 Å². The highest BCUT2D eigenvalue weighted by Gasteiger charge is 2.08. The van der Waals surface area contributed by atoms with Crippen LogP contribution in [0.4, 0.5) is 0 Å². The first-order chi connectivity index (χ1) is 8.18. The molecule has 1 aromatic carbocycles. The Bertz CT molecular complexity index is 497. The molecule has 0 spiro atoms. The zero-order valence-electron chi connectivity index (χ0n) is 8.84. The van der Waals surface area contributed by atoms with Crippen LogP contribution in [0.15, 0.2) is 29.0 Å². The third-order valence-electron chi connectivity index (χ3n) is 2.35. The maximum absolute atomic E-state index is 6.10. The predicted octanol–water partition coefficient (Wildman–Crippen LogP) is 5.00. The van der Waals surface area contributed by atoms with Crippen LogP contribution < -0.4 is 5.32 Å². The van der Waals surface area contributed by atoms with Crippen molar-refractivity contribution in [3.63, 3.8) is 0 Å². The molecule has 0 aliphatic carbocycles. The number of benzene rings is 1. The first-order valence-electron chi connectivity index (χ1n) is 5.02. The summed E-state index contributed by atoms with van der Waals surface area (Å²) in [4.78, 5) is 0. The van der Waals surface area contributed by atoms with Crippen LogP contribution in [0, 0.1) is 0 Å². The van der Waals surface area contributed by atoms with E-state index in [0.717, 1.165) is 12.1 Å². The summed E-state index contributed by atoms with van der Waals surface area (Å²) < 4.78 is 0. The summed E-state index contributed by atoms with van der Waals surface area (Å²) in [6.07, 6.45) is 0. The van der Waals surface area contributed by atoms with Crippen LogP contribution in [0.3, 0.4) is 0 Å². The molecule has 0 aliphatic rings. The summed E-state index contributed by atoms with van der Waals surface area (Å²) in [6, 6.07) is 5.55. The lowest BCUT2D eigenvalue weighted by Gasteiger charge is -2.09. The van der Waals surface area contributed by atoms with Crippen molar-refractivity contribution in [2.75, 3.05) is 0 Å². The van der Waals surface area contributed by atoms with E-state index in [2.05, 4.69) is 22.1 Å². The summed E-state index contributed by atoms with van der Waals surface area (Å²) >= 11 is 19.8. The van der Waals surface area contributed by atoms with E-state index in [9.17, 15) is 0 Å². The summed E-state index contributed by atoms with van der Waals surface area (Å²) in [5.74, 6) is 0. The molecule has 90 valence electrons. The highest BCUT2D eigenvalue weighted by atomic mass is 35.5. The SMILES string of the molecule is Clc1ccc(Cl)c(CNCc2ccsc2)c1Cl. The molecule has 17 heavy (non-hydrogen) atoms. The first-order valence-corrected chi connectivity index (χ1v) is 7.10. The van der Waals surface area contributed by atoms with E-state index in [1.807, 2.05) is 0 Å². The Hall–Kier alpha value is -0.250. The van der Waals surface area contributed by atoms with Crippen LogP contribution in [-0.2, 0) is 13.1 Å². The molecule has 0 bridgehead atoms. The van der Waals surface area contributed by atoms with Crippen molar-refractivity contribution in [2.24, 2.45) is 0 Å². The van der Waals surface area contributed by atoms with Gasteiger partial charge in [-0.05, 0) is 34.5 Å². The van der Waals surface area contributed by atoms with Crippen molar-refractivity contribution in [1.29, 1.82) is 0 Å². The lowest BCUT2D eigenvalue weighted by molar-refractivity contribution is 0.695. The van der Waals surface area contributed by atoms with E-state index >= 15 is 0 Å². The van der Waals surface area contributed by atoms with Crippen LogP contribution in [0.25, 0.3) is 0 Å². The van der Waals surface area contributed by atoms with Crippen molar-refractivity contribution in [3.05, 3.63) is 55.2 Å². The van der Waals surface area contributed by atoms with Gasteiger partial charge in [0, 0.05) is 23.7 Å². The van der Waals surface area contributed by atoms with Gasteiger partial charge < -0.3 is 5.32 Å². The second-order valence-electron chi connectivity index (χ2n) is 3.56. The second-order valence-corrected chi connectivity index (χ2v) is 5.53. The molecule has 0 radical (unpaired) electrons. The molecule has 2 aromatic rings. The molecular weight excluding hydrogens is 297 g/mol. The van der Waals surface area contributed by atoms with Gasteiger partial charge in [-0.3, -0.25) is 0 Å². The van der Waals surface area contributed by atoms with Crippen molar-refractivity contribution in [3.8, 4) is 0 Å². The topological polar surface area (TPSA) is 12.0 Å². The van der Waals surface area contributed by atoms with Crippen molar-refractivity contribution in [2.45, 2.75) is 13.1 Å². The minimum absolute atomic E-state index is 0.525. The number of halogens is 3. The smallest absolute Gasteiger partial charge is 0.0652 e. The van der Waals surface area contributed by atoms with Crippen molar-refractivity contribution >= 4 is 46.1 Å². The van der Waals surface area contributed by atoms with E-state index in [1.165, 1.54) is 5.56 Å². The van der Waals surface area contributed by atoms with Gasteiger partial charge in [0.25, 0.3) is 0 Å². The van der Waals surface area contributed by atoms with E-state index in [1.54, 1.807) is 23.5 Å². The third kappa shape index (κ3) is 3.36. The van der Waals surface area contributed by atoms with Crippen molar-refractivity contribution < 1.29 is 0 Å². The highest BCUT2D eigenvalue weighted by molar-refractivity contribution is 7.07. The van der Waals surface area contributed by atoms with Crippen LogP contribution >= 0.6 is 46.1 Å². The van der Waals surface area contributed by atoms with Crippen LogP contribution in [-0.4, -0.2) is 0 Å². The van der Waals surface area contributed by atoms with Gasteiger partial charge in [-0.15, -0.1) is 0 Å².